The summed E-state index contributed by atoms with van der Waals surface area (Å²) in [7, 11) is 0. The molecule has 2 aromatic rings. The van der Waals surface area contributed by atoms with Crippen LogP contribution in [0.4, 0.5) is 5.82 Å². The van der Waals surface area contributed by atoms with Gasteiger partial charge in [-0.2, -0.15) is 4.98 Å². The number of nitrogen functional groups attached to an aromatic ring is 1. The van der Waals surface area contributed by atoms with E-state index in [4.69, 9.17) is 22.2 Å². The third-order valence-corrected chi connectivity index (χ3v) is 2.92. The molecule has 0 bridgehead atoms. The van der Waals surface area contributed by atoms with Gasteiger partial charge in [0.05, 0.1) is 0 Å². The number of anilines is 1. The molecule has 2 rings (SSSR count). The van der Waals surface area contributed by atoms with Gasteiger partial charge in [-0.15, -0.1) is 0 Å². The van der Waals surface area contributed by atoms with E-state index in [0.29, 0.717) is 35.6 Å². The van der Waals surface area contributed by atoms with E-state index < -0.39 is 0 Å². The molecular weight excluding hydrogens is 264 g/mol. The molecule has 0 saturated heterocycles. The van der Waals surface area contributed by atoms with Crippen LogP contribution in [0.1, 0.15) is 18.3 Å². The van der Waals surface area contributed by atoms with Gasteiger partial charge in [-0.1, -0.05) is 36.7 Å². The first-order chi connectivity index (χ1) is 9.22. The van der Waals surface area contributed by atoms with Crippen LogP contribution in [0, 0.1) is 0 Å². The fourth-order valence-electron chi connectivity index (χ4n) is 1.55. The van der Waals surface area contributed by atoms with Crippen LogP contribution in [0.15, 0.2) is 30.3 Å². The summed E-state index contributed by atoms with van der Waals surface area (Å²) in [5.41, 5.74) is 3.40. The Morgan fingerprint density at radius 1 is 1.32 bits per heavy atom. The van der Waals surface area contributed by atoms with E-state index in [2.05, 4.69) is 15.4 Å². The van der Waals surface area contributed by atoms with Crippen LogP contribution in [-0.2, 0) is 13.0 Å². The molecule has 0 radical (unpaired) electrons. The zero-order chi connectivity index (χ0) is 13.7. The van der Waals surface area contributed by atoms with Crippen LogP contribution in [0.3, 0.4) is 0 Å². The first-order valence-corrected chi connectivity index (χ1v) is 6.31. The van der Waals surface area contributed by atoms with Gasteiger partial charge in [0.25, 0.3) is 0 Å². The topological polar surface area (TPSA) is 73.1 Å². The van der Waals surface area contributed by atoms with Crippen LogP contribution < -0.4 is 16.0 Å². The first kappa shape index (κ1) is 13.6. The second kappa shape index (κ2) is 6.36. The molecule has 0 spiro atoms. The lowest BCUT2D eigenvalue weighted by atomic mass is 10.2. The highest BCUT2D eigenvalue weighted by atomic mass is 35.5. The highest BCUT2D eigenvalue weighted by Gasteiger charge is 2.05. The van der Waals surface area contributed by atoms with Gasteiger partial charge < -0.3 is 10.2 Å². The summed E-state index contributed by atoms with van der Waals surface area (Å²) < 4.78 is 5.63. The number of halogens is 1. The van der Waals surface area contributed by atoms with E-state index in [1.54, 1.807) is 6.07 Å². The monoisotopic (exact) mass is 278 g/mol. The van der Waals surface area contributed by atoms with Crippen molar-refractivity contribution in [1.29, 1.82) is 0 Å². The lowest BCUT2D eigenvalue weighted by Crippen LogP contribution is -2.11. The molecule has 0 saturated carbocycles. The number of nitrogens with two attached hydrogens (primary N) is 1. The largest absolute Gasteiger partial charge is 0.473 e. The average Bonchev–Trinajstić information content (AvgIpc) is 2.46. The number of aromatic nitrogens is 2. The molecule has 0 atom stereocenters. The van der Waals surface area contributed by atoms with Crippen LogP contribution in [0.5, 0.6) is 5.88 Å². The highest BCUT2D eigenvalue weighted by molar-refractivity contribution is 6.31. The fraction of sp³-hybridized carbons (Fsp3) is 0.231. The SMILES string of the molecule is CCc1nc(NN)cc(OCc2ccccc2Cl)n1. The van der Waals surface area contributed by atoms with Gasteiger partial charge in [-0.05, 0) is 6.07 Å². The Morgan fingerprint density at radius 2 is 2.11 bits per heavy atom. The van der Waals surface area contributed by atoms with E-state index in [0.717, 1.165) is 5.56 Å². The second-order valence-corrected chi connectivity index (χ2v) is 4.29. The molecule has 0 aliphatic carbocycles. The van der Waals surface area contributed by atoms with E-state index >= 15 is 0 Å². The van der Waals surface area contributed by atoms with Crippen molar-refractivity contribution in [2.75, 3.05) is 5.43 Å². The highest BCUT2D eigenvalue weighted by Crippen LogP contribution is 2.19. The maximum atomic E-state index is 6.06. The summed E-state index contributed by atoms with van der Waals surface area (Å²) in [5, 5.41) is 0.671. The van der Waals surface area contributed by atoms with Crippen molar-refractivity contribution < 1.29 is 4.74 Å². The maximum absolute atomic E-state index is 6.06. The van der Waals surface area contributed by atoms with Gasteiger partial charge >= 0.3 is 0 Å². The van der Waals surface area contributed by atoms with Crippen molar-refractivity contribution in [2.45, 2.75) is 20.0 Å². The average molecular weight is 279 g/mol. The standard InChI is InChI=1S/C13H15ClN4O/c1-2-11-16-12(18-15)7-13(17-11)19-8-9-5-3-4-6-10(9)14/h3-7H,2,8,15H2,1H3,(H,16,17,18). The summed E-state index contributed by atoms with van der Waals surface area (Å²) in [4.78, 5) is 8.46. The number of hydrogen-bond acceptors (Lipinski definition) is 5. The van der Waals surface area contributed by atoms with Crippen LogP contribution in [0.2, 0.25) is 5.02 Å². The molecule has 19 heavy (non-hydrogen) atoms. The molecule has 0 amide bonds. The molecule has 1 heterocycles. The maximum Gasteiger partial charge on any atom is 0.219 e. The van der Waals surface area contributed by atoms with Gasteiger partial charge in [0, 0.05) is 23.1 Å². The normalized spacial score (nSPS) is 10.3. The zero-order valence-corrected chi connectivity index (χ0v) is 11.3. The minimum absolute atomic E-state index is 0.351. The number of nitrogens with zero attached hydrogens (tertiary/aromatic N) is 2. The molecule has 3 N–H and O–H groups in total. The number of aryl methyl sites for hydroxylation is 1. The number of nitrogens with one attached hydrogen (secondary N) is 1. The fourth-order valence-corrected chi connectivity index (χ4v) is 1.74. The number of hydrazine groups is 1. The molecule has 1 aromatic heterocycles. The zero-order valence-electron chi connectivity index (χ0n) is 10.6. The molecular formula is C13H15ClN4O. The quantitative estimate of drug-likeness (QED) is 0.649. The Kier molecular flexibility index (Phi) is 4.54. The van der Waals surface area contributed by atoms with Crippen molar-refractivity contribution in [1.82, 2.24) is 9.97 Å². The summed E-state index contributed by atoms with van der Waals surface area (Å²) >= 11 is 6.06. The van der Waals surface area contributed by atoms with E-state index in [1.165, 1.54) is 0 Å². The van der Waals surface area contributed by atoms with Crippen LogP contribution in [0.25, 0.3) is 0 Å². The van der Waals surface area contributed by atoms with Crippen LogP contribution >= 0.6 is 11.6 Å². The summed E-state index contributed by atoms with van der Waals surface area (Å²) in [6, 6.07) is 9.17. The van der Waals surface area contributed by atoms with Gasteiger partial charge in [-0.25, -0.2) is 10.8 Å². The Hall–Kier alpha value is -1.85. The molecule has 0 aliphatic heterocycles. The minimum Gasteiger partial charge on any atom is -0.473 e. The number of hydrogen-bond donors (Lipinski definition) is 2. The lowest BCUT2D eigenvalue weighted by molar-refractivity contribution is 0.292. The van der Waals surface area contributed by atoms with E-state index in [-0.39, 0.29) is 0 Å². The molecule has 0 fully saturated rings. The number of benzene rings is 1. The molecule has 1 aromatic carbocycles. The van der Waals surface area contributed by atoms with Crippen molar-refractivity contribution in [2.24, 2.45) is 5.84 Å². The van der Waals surface area contributed by atoms with Crippen molar-refractivity contribution in [3.05, 3.63) is 46.7 Å². The second-order valence-electron chi connectivity index (χ2n) is 3.89. The van der Waals surface area contributed by atoms with E-state index in [9.17, 15) is 0 Å². The third-order valence-electron chi connectivity index (χ3n) is 2.55. The lowest BCUT2D eigenvalue weighted by Gasteiger charge is -2.09. The number of ether oxygens (including phenoxy) is 1. The molecule has 100 valence electrons. The molecule has 5 nitrogen and oxygen atoms in total. The van der Waals surface area contributed by atoms with Crippen molar-refractivity contribution in [3.8, 4) is 5.88 Å². The van der Waals surface area contributed by atoms with Gasteiger partial charge in [-0.3, -0.25) is 0 Å². The summed E-state index contributed by atoms with van der Waals surface area (Å²) in [6.45, 7) is 2.32. The Morgan fingerprint density at radius 3 is 2.79 bits per heavy atom. The van der Waals surface area contributed by atoms with Crippen molar-refractivity contribution >= 4 is 17.4 Å². The predicted molar refractivity (Wildman–Crippen MR) is 75.0 cm³/mol. The Labute approximate surface area is 116 Å². The Bertz CT molecular complexity index is 540. The van der Waals surface area contributed by atoms with Gasteiger partial charge in [0.2, 0.25) is 5.88 Å². The van der Waals surface area contributed by atoms with Gasteiger partial charge in [0.15, 0.2) is 0 Å². The van der Waals surface area contributed by atoms with Gasteiger partial charge in [0.1, 0.15) is 18.2 Å². The molecule has 0 unspecified atom stereocenters. The Balaban J connectivity index is 2.13. The smallest absolute Gasteiger partial charge is 0.219 e. The molecule has 6 heteroatoms. The summed E-state index contributed by atoms with van der Waals surface area (Å²) in [5.74, 6) is 7.03. The van der Waals surface area contributed by atoms with Crippen molar-refractivity contribution in [3.63, 3.8) is 0 Å². The minimum atomic E-state index is 0.351. The summed E-state index contributed by atoms with van der Waals surface area (Å²) in [6.07, 6.45) is 0.706. The first-order valence-electron chi connectivity index (χ1n) is 5.93. The molecule has 0 aliphatic rings. The third kappa shape index (κ3) is 3.56. The van der Waals surface area contributed by atoms with E-state index in [1.807, 2.05) is 31.2 Å². The van der Waals surface area contributed by atoms with Crippen LogP contribution in [-0.4, -0.2) is 9.97 Å². The number of rotatable bonds is 5. The predicted octanol–water partition coefficient (Wildman–Crippen LogP) is 2.56.